The van der Waals surface area contributed by atoms with E-state index in [4.69, 9.17) is 35.4 Å². The number of hydrogen-bond acceptors (Lipinski definition) is 3. The second kappa shape index (κ2) is 6.24. The fraction of sp³-hybridized carbons (Fsp3) is 0.278. The van der Waals surface area contributed by atoms with E-state index in [1.165, 1.54) is 11.6 Å². The van der Waals surface area contributed by atoms with Crippen LogP contribution in [0.3, 0.4) is 0 Å². The van der Waals surface area contributed by atoms with Gasteiger partial charge in [0.1, 0.15) is 5.02 Å². The number of rotatable bonds is 2. The van der Waals surface area contributed by atoms with Crippen LogP contribution in [0.1, 0.15) is 41.5 Å². The Hall–Kier alpha value is -1.69. The number of thiocarbonyl (C=S) groups is 1. The van der Waals surface area contributed by atoms with Crippen LogP contribution in [0.2, 0.25) is 10.0 Å². The van der Waals surface area contributed by atoms with Crippen molar-refractivity contribution in [2.75, 3.05) is 0 Å². The zero-order chi connectivity index (χ0) is 17.7. The number of nitrogens with one attached hydrogen (secondary N) is 1. The van der Waals surface area contributed by atoms with E-state index in [1.54, 1.807) is 12.1 Å². The first-order valence-corrected chi connectivity index (χ1v) is 9.14. The maximum absolute atomic E-state index is 11.0. The Kier molecular flexibility index (Phi) is 4.18. The van der Waals surface area contributed by atoms with Gasteiger partial charge in [-0.05, 0) is 53.6 Å². The number of nitrogens with zero attached hydrogens (tertiary/aromatic N) is 1. The van der Waals surface area contributed by atoms with Gasteiger partial charge >= 0.3 is 0 Å². The summed E-state index contributed by atoms with van der Waals surface area (Å²) in [6.07, 6.45) is 1.80. The largest absolute Gasteiger partial charge is 0.373 e. The predicted octanol–water partition coefficient (Wildman–Crippen LogP) is 5.42. The van der Waals surface area contributed by atoms with Crippen LogP contribution >= 0.6 is 35.4 Å². The Morgan fingerprint density at radius 3 is 2.68 bits per heavy atom. The number of nitro benzene ring substituents is 1. The average molecular weight is 393 g/mol. The average Bonchev–Trinajstić information content (AvgIpc) is 2.87. The first-order chi connectivity index (χ1) is 12.0. The molecular formula is C18H14Cl2N2O2S. The van der Waals surface area contributed by atoms with Crippen LogP contribution in [0, 0.1) is 16.0 Å². The number of benzene rings is 2. The van der Waals surface area contributed by atoms with E-state index in [0.717, 1.165) is 29.0 Å². The number of halogens is 2. The summed E-state index contributed by atoms with van der Waals surface area (Å²) in [5.74, 6) is 0.408. The summed E-state index contributed by atoms with van der Waals surface area (Å²) >= 11 is 17.8. The Balaban J connectivity index is 1.84. The SMILES string of the molecule is O=[N+]([O-])c1ccc(C2c3cc(Cl)ccc3C3NC(=S)CCC32)cc1Cl. The van der Waals surface area contributed by atoms with Gasteiger partial charge in [0, 0.05) is 17.0 Å². The van der Waals surface area contributed by atoms with E-state index in [1.807, 2.05) is 18.2 Å². The molecule has 2 aliphatic rings. The van der Waals surface area contributed by atoms with E-state index in [-0.39, 0.29) is 22.7 Å². The van der Waals surface area contributed by atoms with Crippen LogP contribution in [0.4, 0.5) is 5.69 Å². The van der Waals surface area contributed by atoms with Gasteiger partial charge < -0.3 is 5.32 Å². The van der Waals surface area contributed by atoms with Gasteiger partial charge in [0.05, 0.1) is 16.0 Å². The van der Waals surface area contributed by atoms with Gasteiger partial charge in [-0.25, -0.2) is 0 Å². The van der Waals surface area contributed by atoms with E-state index in [9.17, 15) is 10.1 Å². The minimum atomic E-state index is -0.463. The lowest BCUT2D eigenvalue weighted by atomic mass is 9.80. The summed E-state index contributed by atoms with van der Waals surface area (Å²) in [5, 5.41) is 15.3. The number of fused-ring (bicyclic) bond motifs is 3. The molecule has 3 atom stereocenters. The Labute approximate surface area is 160 Å². The van der Waals surface area contributed by atoms with Crippen molar-refractivity contribution < 1.29 is 4.92 Å². The van der Waals surface area contributed by atoms with Gasteiger partial charge in [-0.1, -0.05) is 47.6 Å². The monoisotopic (exact) mass is 392 g/mol. The molecule has 0 aromatic heterocycles. The molecule has 0 spiro atoms. The minimum Gasteiger partial charge on any atom is -0.373 e. The number of nitro groups is 1. The van der Waals surface area contributed by atoms with Crippen LogP contribution in [-0.2, 0) is 0 Å². The fourth-order valence-corrected chi connectivity index (χ4v) is 4.79. The van der Waals surface area contributed by atoms with Crippen LogP contribution in [-0.4, -0.2) is 9.91 Å². The van der Waals surface area contributed by atoms with Crippen molar-refractivity contribution in [3.05, 3.63) is 73.2 Å². The third-order valence-corrected chi connectivity index (χ3v) is 5.98. The summed E-state index contributed by atoms with van der Waals surface area (Å²) in [4.78, 5) is 11.5. The standard InChI is InChI=1S/C18H14Cl2N2O2S/c19-10-2-3-11-13(8-10)17(12-4-6-16(25)21-18(11)12)9-1-5-15(22(23)24)14(20)7-9/h1-3,5,7-8,12,17-18H,4,6H2,(H,21,25). The molecule has 1 aliphatic heterocycles. The van der Waals surface area contributed by atoms with Crippen molar-refractivity contribution in [3.8, 4) is 0 Å². The summed E-state index contributed by atoms with van der Waals surface area (Å²) in [5.41, 5.74) is 3.23. The first kappa shape index (κ1) is 16.8. The first-order valence-electron chi connectivity index (χ1n) is 7.98. The van der Waals surface area contributed by atoms with E-state index in [0.29, 0.717) is 10.9 Å². The molecule has 2 aromatic carbocycles. The smallest absolute Gasteiger partial charge is 0.287 e. The quantitative estimate of drug-likeness (QED) is 0.421. The fourth-order valence-electron chi connectivity index (χ4n) is 4.10. The summed E-state index contributed by atoms with van der Waals surface area (Å²) < 4.78 is 0. The van der Waals surface area contributed by atoms with Crippen molar-refractivity contribution >= 4 is 46.1 Å². The second-order valence-corrected chi connectivity index (χ2v) is 7.80. The molecule has 4 nitrogen and oxygen atoms in total. The highest BCUT2D eigenvalue weighted by Crippen LogP contribution is 2.53. The lowest BCUT2D eigenvalue weighted by molar-refractivity contribution is -0.384. The van der Waals surface area contributed by atoms with Gasteiger partial charge in [-0.3, -0.25) is 10.1 Å². The van der Waals surface area contributed by atoms with Crippen molar-refractivity contribution in [1.29, 1.82) is 0 Å². The molecule has 1 fully saturated rings. The Morgan fingerprint density at radius 2 is 1.96 bits per heavy atom. The van der Waals surface area contributed by atoms with Crippen LogP contribution in [0.5, 0.6) is 0 Å². The maximum Gasteiger partial charge on any atom is 0.287 e. The molecule has 0 radical (unpaired) electrons. The number of piperidine rings is 1. The van der Waals surface area contributed by atoms with Crippen LogP contribution in [0.25, 0.3) is 0 Å². The van der Waals surface area contributed by atoms with E-state index in [2.05, 4.69) is 5.32 Å². The topological polar surface area (TPSA) is 55.2 Å². The third-order valence-electron chi connectivity index (χ3n) is 5.12. The molecule has 7 heteroatoms. The molecule has 4 rings (SSSR count). The lowest BCUT2D eigenvalue weighted by Crippen LogP contribution is -2.36. The highest BCUT2D eigenvalue weighted by Gasteiger charge is 2.43. The van der Waals surface area contributed by atoms with Crippen LogP contribution < -0.4 is 5.32 Å². The molecule has 1 aliphatic carbocycles. The van der Waals surface area contributed by atoms with E-state index < -0.39 is 4.92 Å². The highest BCUT2D eigenvalue weighted by molar-refractivity contribution is 7.80. The molecule has 3 unspecified atom stereocenters. The maximum atomic E-state index is 11.0. The van der Waals surface area contributed by atoms with Gasteiger partial charge in [-0.15, -0.1) is 0 Å². The van der Waals surface area contributed by atoms with Gasteiger partial charge in [0.25, 0.3) is 5.69 Å². The molecule has 1 N–H and O–H groups in total. The predicted molar refractivity (Wildman–Crippen MR) is 103 cm³/mol. The van der Waals surface area contributed by atoms with Crippen molar-refractivity contribution in [3.63, 3.8) is 0 Å². The second-order valence-electron chi connectivity index (χ2n) is 6.47. The molecule has 25 heavy (non-hydrogen) atoms. The Morgan fingerprint density at radius 1 is 1.16 bits per heavy atom. The minimum absolute atomic E-state index is 0.0748. The van der Waals surface area contributed by atoms with Crippen LogP contribution in [0.15, 0.2) is 36.4 Å². The molecule has 0 bridgehead atoms. The molecule has 128 valence electrons. The molecule has 2 aromatic rings. The van der Waals surface area contributed by atoms with Gasteiger partial charge in [-0.2, -0.15) is 0 Å². The van der Waals surface area contributed by atoms with Crippen molar-refractivity contribution in [1.82, 2.24) is 5.32 Å². The molecule has 0 saturated carbocycles. The third kappa shape index (κ3) is 2.80. The summed E-state index contributed by atoms with van der Waals surface area (Å²) in [7, 11) is 0. The zero-order valence-electron chi connectivity index (χ0n) is 13.0. The zero-order valence-corrected chi connectivity index (χ0v) is 15.4. The summed E-state index contributed by atoms with van der Waals surface area (Å²) in [6.45, 7) is 0. The Bertz CT molecular complexity index is 903. The lowest BCUT2D eigenvalue weighted by Gasteiger charge is -2.32. The molecule has 1 heterocycles. The van der Waals surface area contributed by atoms with Crippen molar-refractivity contribution in [2.24, 2.45) is 5.92 Å². The molecule has 0 amide bonds. The van der Waals surface area contributed by atoms with Gasteiger partial charge in [0.2, 0.25) is 0 Å². The van der Waals surface area contributed by atoms with Gasteiger partial charge in [0.15, 0.2) is 0 Å². The number of hydrogen-bond donors (Lipinski definition) is 1. The van der Waals surface area contributed by atoms with Crippen molar-refractivity contribution in [2.45, 2.75) is 24.8 Å². The summed E-state index contributed by atoms with van der Waals surface area (Å²) in [6, 6.07) is 11.1. The molecular weight excluding hydrogens is 379 g/mol. The van der Waals surface area contributed by atoms with E-state index >= 15 is 0 Å². The molecule has 1 saturated heterocycles. The normalized spacial score (nSPS) is 24.4. The highest BCUT2D eigenvalue weighted by atomic mass is 35.5.